The summed E-state index contributed by atoms with van der Waals surface area (Å²) in [6.45, 7) is 5.28. The molecule has 0 unspecified atom stereocenters. The minimum absolute atomic E-state index is 0.0262. The summed E-state index contributed by atoms with van der Waals surface area (Å²) in [4.78, 5) is 48.3. The molecule has 1 N–H and O–H groups in total. The first-order valence-electron chi connectivity index (χ1n) is 9.63. The molecule has 1 saturated carbocycles. The molecule has 4 rings (SSSR count). The third kappa shape index (κ3) is 3.04. The molecule has 7 heteroatoms. The van der Waals surface area contributed by atoms with Gasteiger partial charge in [0, 0.05) is 32.4 Å². The molecule has 3 aliphatic rings. The van der Waals surface area contributed by atoms with Gasteiger partial charge in [0.2, 0.25) is 11.8 Å². The summed E-state index contributed by atoms with van der Waals surface area (Å²) in [5, 5.41) is 0. The molecule has 3 atom stereocenters. The molecule has 2 amide bonds. The smallest absolute Gasteiger partial charge is 0.256 e. The lowest BCUT2D eigenvalue weighted by Gasteiger charge is -2.36. The van der Waals surface area contributed by atoms with Crippen molar-refractivity contribution in [2.45, 2.75) is 58.5 Å². The van der Waals surface area contributed by atoms with E-state index in [2.05, 4.69) is 11.9 Å². The number of hydrogen-bond donors (Lipinski definition) is 1. The molecular formula is C19H26N4O3. The van der Waals surface area contributed by atoms with Crippen molar-refractivity contribution < 1.29 is 9.59 Å². The number of aromatic nitrogens is 2. The second-order valence-corrected chi connectivity index (χ2v) is 7.93. The lowest BCUT2D eigenvalue weighted by Crippen LogP contribution is -2.42. The molecule has 0 radical (unpaired) electrons. The van der Waals surface area contributed by atoms with Crippen LogP contribution in [0.2, 0.25) is 0 Å². The molecule has 0 spiro atoms. The summed E-state index contributed by atoms with van der Waals surface area (Å²) in [6, 6.07) is -0.132. The van der Waals surface area contributed by atoms with Gasteiger partial charge in [-0.15, -0.1) is 0 Å². The Labute approximate surface area is 152 Å². The average Bonchev–Trinajstić information content (AvgIpc) is 3.37. The van der Waals surface area contributed by atoms with Crippen LogP contribution in [-0.2, 0) is 22.6 Å². The number of piperidine rings is 1. The van der Waals surface area contributed by atoms with Crippen LogP contribution in [0.4, 0.5) is 0 Å². The van der Waals surface area contributed by atoms with Crippen LogP contribution >= 0.6 is 0 Å². The van der Waals surface area contributed by atoms with E-state index in [1.54, 1.807) is 4.90 Å². The third-order valence-electron chi connectivity index (χ3n) is 6.06. The zero-order chi connectivity index (χ0) is 18.4. The monoisotopic (exact) mass is 358 g/mol. The van der Waals surface area contributed by atoms with Gasteiger partial charge in [0.15, 0.2) is 0 Å². The van der Waals surface area contributed by atoms with E-state index in [1.165, 1.54) is 6.92 Å². The predicted octanol–water partition coefficient (Wildman–Crippen LogP) is 1.38. The number of rotatable bonds is 2. The van der Waals surface area contributed by atoms with Gasteiger partial charge in [-0.2, -0.15) is 0 Å². The van der Waals surface area contributed by atoms with Crippen LogP contribution < -0.4 is 5.56 Å². The number of likely N-dealkylation sites (tertiary alicyclic amines) is 1. The maximum absolute atomic E-state index is 12.8. The normalized spacial score (nSPS) is 27.8. The number of amides is 2. The number of carbonyl (C=O) groups excluding carboxylic acids is 2. The van der Waals surface area contributed by atoms with Gasteiger partial charge in [-0.3, -0.25) is 14.4 Å². The van der Waals surface area contributed by atoms with Gasteiger partial charge in [0.25, 0.3) is 5.56 Å². The third-order valence-corrected chi connectivity index (χ3v) is 6.06. The number of nitrogens with one attached hydrogen (secondary N) is 1. The van der Waals surface area contributed by atoms with Crippen molar-refractivity contribution in [3.63, 3.8) is 0 Å². The first-order chi connectivity index (χ1) is 12.5. The highest BCUT2D eigenvalue weighted by Crippen LogP contribution is 2.42. The number of fused-ring (bicyclic) bond motifs is 1. The largest absolute Gasteiger partial charge is 0.338 e. The SMILES string of the molecule is CC(=O)N1CCc2nc([C@H]3CCCCN3C(=O)[C@H]3C[C@@H]3C)[nH]c(=O)c2C1. The Kier molecular flexibility index (Phi) is 4.32. The highest BCUT2D eigenvalue weighted by atomic mass is 16.2. The minimum atomic E-state index is -0.172. The van der Waals surface area contributed by atoms with E-state index >= 15 is 0 Å². The molecule has 3 heterocycles. The zero-order valence-corrected chi connectivity index (χ0v) is 15.5. The van der Waals surface area contributed by atoms with Crippen LogP contribution in [0, 0.1) is 11.8 Å². The Morgan fingerprint density at radius 3 is 2.69 bits per heavy atom. The van der Waals surface area contributed by atoms with E-state index in [1.807, 2.05) is 4.90 Å². The van der Waals surface area contributed by atoms with Gasteiger partial charge in [-0.25, -0.2) is 4.98 Å². The van der Waals surface area contributed by atoms with Crippen molar-refractivity contribution in [1.82, 2.24) is 19.8 Å². The molecule has 7 nitrogen and oxygen atoms in total. The van der Waals surface area contributed by atoms with E-state index in [9.17, 15) is 14.4 Å². The highest BCUT2D eigenvalue weighted by molar-refractivity contribution is 5.82. The molecule has 2 aliphatic heterocycles. The van der Waals surface area contributed by atoms with E-state index in [-0.39, 0.29) is 29.3 Å². The second-order valence-electron chi connectivity index (χ2n) is 7.93. The summed E-state index contributed by atoms with van der Waals surface area (Å²) >= 11 is 0. The van der Waals surface area contributed by atoms with Gasteiger partial charge in [-0.1, -0.05) is 6.92 Å². The molecule has 1 aromatic rings. The van der Waals surface area contributed by atoms with Crippen LogP contribution in [0.1, 0.15) is 62.7 Å². The number of H-pyrrole nitrogens is 1. The van der Waals surface area contributed by atoms with Gasteiger partial charge in [0.1, 0.15) is 5.82 Å². The summed E-state index contributed by atoms with van der Waals surface area (Å²) in [7, 11) is 0. The van der Waals surface area contributed by atoms with Crippen LogP contribution in [0.15, 0.2) is 4.79 Å². The highest BCUT2D eigenvalue weighted by Gasteiger charge is 2.44. The van der Waals surface area contributed by atoms with Crippen LogP contribution in [0.3, 0.4) is 0 Å². The summed E-state index contributed by atoms with van der Waals surface area (Å²) in [6.07, 6.45) is 4.44. The molecule has 0 bridgehead atoms. The maximum Gasteiger partial charge on any atom is 0.256 e. The number of hydrogen-bond acceptors (Lipinski definition) is 4. The minimum Gasteiger partial charge on any atom is -0.338 e. The van der Waals surface area contributed by atoms with E-state index in [4.69, 9.17) is 4.98 Å². The van der Waals surface area contributed by atoms with Gasteiger partial charge in [0.05, 0.1) is 23.8 Å². The van der Waals surface area contributed by atoms with Crippen LogP contribution in [0.25, 0.3) is 0 Å². The fraction of sp³-hybridized carbons (Fsp3) is 0.684. The molecule has 1 saturated heterocycles. The Hall–Kier alpha value is -2.18. The topological polar surface area (TPSA) is 86.4 Å². The lowest BCUT2D eigenvalue weighted by molar-refractivity contribution is -0.137. The second kappa shape index (κ2) is 6.52. The van der Waals surface area contributed by atoms with E-state index in [0.717, 1.165) is 37.9 Å². The fourth-order valence-corrected chi connectivity index (χ4v) is 4.23. The molecule has 2 fully saturated rings. The molecule has 26 heavy (non-hydrogen) atoms. The summed E-state index contributed by atoms with van der Waals surface area (Å²) in [5.41, 5.74) is 1.19. The molecule has 1 aromatic heterocycles. The maximum atomic E-state index is 12.8. The first kappa shape index (κ1) is 17.2. The Bertz CT molecular complexity index is 802. The van der Waals surface area contributed by atoms with Crippen molar-refractivity contribution in [3.8, 4) is 0 Å². The van der Waals surface area contributed by atoms with Crippen molar-refractivity contribution in [3.05, 3.63) is 27.4 Å². The van der Waals surface area contributed by atoms with Crippen molar-refractivity contribution in [2.75, 3.05) is 13.1 Å². The molecule has 0 aromatic carbocycles. The fourth-order valence-electron chi connectivity index (χ4n) is 4.23. The predicted molar refractivity (Wildman–Crippen MR) is 95.2 cm³/mol. The van der Waals surface area contributed by atoms with E-state index < -0.39 is 0 Å². The van der Waals surface area contributed by atoms with Gasteiger partial charge >= 0.3 is 0 Å². The molecular weight excluding hydrogens is 332 g/mol. The Morgan fingerprint density at radius 2 is 2.00 bits per heavy atom. The van der Waals surface area contributed by atoms with Crippen molar-refractivity contribution in [1.29, 1.82) is 0 Å². The Morgan fingerprint density at radius 1 is 1.23 bits per heavy atom. The summed E-state index contributed by atoms with van der Waals surface area (Å²) in [5.74, 6) is 1.42. The summed E-state index contributed by atoms with van der Waals surface area (Å²) < 4.78 is 0. The molecule has 1 aliphatic carbocycles. The van der Waals surface area contributed by atoms with Crippen molar-refractivity contribution in [2.24, 2.45) is 11.8 Å². The van der Waals surface area contributed by atoms with Crippen molar-refractivity contribution >= 4 is 11.8 Å². The van der Waals surface area contributed by atoms with Crippen LogP contribution in [0.5, 0.6) is 0 Å². The number of aromatic amines is 1. The van der Waals surface area contributed by atoms with Gasteiger partial charge in [-0.05, 0) is 31.6 Å². The standard InChI is InChI=1S/C19H26N4O3/c1-11-9-13(11)19(26)23-7-4-3-5-16(23)17-20-15-6-8-22(12(2)24)10-14(15)18(25)21-17/h11,13,16H,3-10H2,1-2H3,(H,20,21,25)/t11-,13-,16+/m0/s1. The first-order valence-corrected chi connectivity index (χ1v) is 9.63. The Balaban J connectivity index is 1.62. The van der Waals surface area contributed by atoms with Crippen LogP contribution in [-0.4, -0.2) is 44.7 Å². The molecule has 140 valence electrons. The van der Waals surface area contributed by atoms with E-state index in [0.29, 0.717) is 36.8 Å². The lowest BCUT2D eigenvalue weighted by atomic mass is 9.99. The van der Waals surface area contributed by atoms with Gasteiger partial charge < -0.3 is 14.8 Å². The zero-order valence-electron chi connectivity index (χ0n) is 15.5. The number of carbonyl (C=O) groups is 2. The average molecular weight is 358 g/mol. The number of nitrogens with zero attached hydrogens (tertiary/aromatic N) is 3. The quantitative estimate of drug-likeness (QED) is 0.865.